The van der Waals surface area contributed by atoms with E-state index in [0.29, 0.717) is 11.3 Å². The highest BCUT2D eigenvalue weighted by molar-refractivity contribution is 7.81. The van der Waals surface area contributed by atoms with Gasteiger partial charge >= 0.3 is 5.97 Å². The summed E-state index contributed by atoms with van der Waals surface area (Å²) in [7, 11) is 1.55. The van der Waals surface area contributed by atoms with E-state index < -0.39 is 23.3 Å². The molecule has 0 unspecified atom stereocenters. The summed E-state index contributed by atoms with van der Waals surface area (Å²) in [5, 5.41) is 1.78. The summed E-state index contributed by atoms with van der Waals surface area (Å²) >= 11 is 16.4. The number of hydrogen-bond acceptors (Lipinski definition) is 6. The van der Waals surface area contributed by atoms with E-state index in [1.807, 2.05) is 30.3 Å². The number of ether oxygens (including phenoxy) is 2. The molecule has 1 aliphatic heterocycles. The number of amides is 2. The highest BCUT2D eigenvalue weighted by Crippen LogP contribution is 2.32. The third kappa shape index (κ3) is 6.01. The lowest BCUT2D eigenvalue weighted by atomic mass is 10.0. The maximum Gasteiger partial charge on any atom is 0.356 e. The molecular weight excluding hydrogens is 487 g/mol. The van der Waals surface area contributed by atoms with Crippen LogP contribution < -0.4 is 10.1 Å². The van der Waals surface area contributed by atoms with E-state index in [-0.39, 0.29) is 35.5 Å². The molecule has 1 heterocycles. The van der Waals surface area contributed by atoms with Gasteiger partial charge in [-0.3, -0.25) is 14.5 Å². The molecule has 1 saturated heterocycles. The highest BCUT2D eigenvalue weighted by Gasteiger charge is 2.50. The van der Waals surface area contributed by atoms with E-state index in [4.69, 9.17) is 32.7 Å². The number of rotatable bonds is 9. The summed E-state index contributed by atoms with van der Waals surface area (Å²) in [5.74, 6) is -1.23. The van der Waals surface area contributed by atoms with Gasteiger partial charge in [-0.1, -0.05) is 54.1 Å². The van der Waals surface area contributed by atoms with Crippen molar-refractivity contribution < 1.29 is 23.9 Å². The zero-order valence-electron chi connectivity index (χ0n) is 17.7. The third-order valence-corrected chi connectivity index (χ3v) is 6.17. The second-order valence-corrected chi connectivity index (χ2v) is 8.39. The number of esters is 1. The van der Waals surface area contributed by atoms with Crippen LogP contribution in [0.5, 0.6) is 5.75 Å². The first kappa shape index (κ1) is 25.0. The molecule has 1 N–H and O–H groups in total. The minimum absolute atomic E-state index is 0.0463. The van der Waals surface area contributed by atoms with Crippen molar-refractivity contribution in [3.05, 3.63) is 76.5 Å². The fourth-order valence-corrected chi connectivity index (χ4v) is 3.93. The molecule has 0 bridgehead atoms. The normalized spacial score (nSPS) is 18.2. The lowest BCUT2D eigenvalue weighted by molar-refractivity contribution is -0.153. The Morgan fingerprint density at radius 3 is 2.33 bits per heavy atom. The number of β-lactam (4-membered cyclic amide) rings is 1. The minimum Gasteiger partial charge on any atom is -0.497 e. The number of halogens is 2. The fraction of sp³-hybridized carbons (Fsp3) is 0.261. The number of alkyl halides is 1. The predicted octanol–water partition coefficient (Wildman–Crippen LogP) is 3.25. The average molecular weight is 509 g/mol. The number of carbonyl (C=O) groups is 3. The minimum atomic E-state index is -0.909. The number of methoxy groups -OCH3 is 1. The van der Waals surface area contributed by atoms with Gasteiger partial charge in [0.15, 0.2) is 0 Å². The van der Waals surface area contributed by atoms with Crippen LogP contribution in [0.3, 0.4) is 0 Å². The molecule has 2 atom stereocenters. The van der Waals surface area contributed by atoms with Crippen molar-refractivity contribution in [1.82, 2.24) is 10.2 Å². The van der Waals surface area contributed by atoms with E-state index in [2.05, 4.69) is 17.9 Å². The number of nitrogens with zero attached hydrogens (tertiary/aromatic N) is 1. The smallest absolute Gasteiger partial charge is 0.356 e. The number of nitrogens with one attached hydrogen (secondary N) is 1. The molecule has 33 heavy (non-hydrogen) atoms. The Hall–Kier alpha value is -2.68. The van der Waals surface area contributed by atoms with Gasteiger partial charge in [0.05, 0.1) is 24.4 Å². The Bertz CT molecular complexity index is 1050. The summed E-state index contributed by atoms with van der Waals surface area (Å²) < 4.78 is 10.4. The van der Waals surface area contributed by atoms with Crippen molar-refractivity contribution in [2.24, 2.45) is 0 Å². The Balaban J connectivity index is 1.64. The van der Waals surface area contributed by atoms with Crippen LogP contribution in [0.25, 0.3) is 0 Å². The SMILES string of the molecule is COc1ccc(COC(=O)/C(=C(\Cl)CCl)N2C(=O)[C@@H](NC(=O)Cc3ccccc3)[C@H]2S)cc1. The molecule has 3 rings (SSSR count). The van der Waals surface area contributed by atoms with Crippen LogP contribution in [-0.2, 0) is 32.1 Å². The quantitative estimate of drug-likeness (QED) is 0.178. The number of likely N-dealkylation sites (tertiary alicyclic amines) is 1. The molecule has 2 aromatic rings. The summed E-state index contributed by atoms with van der Waals surface area (Å²) in [4.78, 5) is 39.0. The van der Waals surface area contributed by atoms with Gasteiger partial charge < -0.3 is 14.8 Å². The Morgan fingerprint density at radius 1 is 1.09 bits per heavy atom. The second-order valence-electron chi connectivity index (χ2n) is 7.14. The molecule has 1 fully saturated rings. The maximum atomic E-state index is 12.8. The van der Waals surface area contributed by atoms with Crippen molar-refractivity contribution in [2.75, 3.05) is 13.0 Å². The van der Waals surface area contributed by atoms with Gasteiger partial charge in [0.2, 0.25) is 5.91 Å². The van der Waals surface area contributed by atoms with Crippen LogP contribution in [0.15, 0.2) is 65.3 Å². The van der Waals surface area contributed by atoms with Crippen molar-refractivity contribution in [3.8, 4) is 5.75 Å². The number of hydrogen-bond donors (Lipinski definition) is 2. The Kier molecular flexibility index (Phi) is 8.66. The Morgan fingerprint density at radius 2 is 1.76 bits per heavy atom. The van der Waals surface area contributed by atoms with Gasteiger partial charge in [-0.05, 0) is 23.3 Å². The average Bonchev–Trinajstić information content (AvgIpc) is 2.84. The lowest BCUT2D eigenvalue weighted by Crippen LogP contribution is -2.68. The molecule has 174 valence electrons. The lowest BCUT2D eigenvalue weighted by Gasteiger charge is -2.45. The van der Waals surface area contributed by atoms with Gasteiger partial charge in [-0.2, -0.15) is 12.6 Å². The van der Waals surface area contributed by atoms with Crippen LogP contribution in [0.2, 0.25) is 0 Å². The molecule has 0 aliphatic carbocycles. The van der Waals surface area contributed by atoms with E-state index in [1.54, 1.807) is 31.4 Å². The summed E-state index contributed by atoms with van der Waals surface area (Å²) in [5.41, 5.74) is 1.33. The molecular formula is C23H22Cl2N2O5S. The van der Waals surface area contributed by atoms with E-state index in [9.17, 15) is 14.4 Å². The number of benzene rings is 2. The van der Waals surface area contributed by atoms with Gasteiger partial charge in [-0.15, -0.1) is 11.6 Å². The summed E-state index contributed by atoms with van der Waals surface area (Å²) in [6, 6.07) is 15.2. The van der Waals surface area contributed by atoms with Crippen LogP contribution in [0.4, 0.5) is 0 Å². The first-order valence-electron chi connectivity index (χ1n) is 9.94. The zero-order chi connectivity index (χ0) is 24.0. The van der Waals surface area contributed by atoms with E-state index >= 15 is 0 Å². The topological polar surface area (TPSA) is 84.9 Å². The van der Waals surface area contributed by atoms with Gasteiger partial charge in [-0.25, -0.2) is 4.79 Å². The summed E-state index contributed by atoms with van der Waals surface area (Å²) in [6.45, 7) is -0.0463. The molecule has 0 aromatic heterocycles. The Labute approximate surface area is 207 Å². The highest BCUT2D eigenvalue weighted by atomic mass is 35.5. The first-order chi connectivity index (χ1) is 15.8. The standard InChI is InChI=1S/C23H22Cl2N2O5S/c1-31-16-9-7-15(8-10-16)13-32-23(30)20(17(25)12-24)27-21(29)19(22(27)33)26-18(28)11-14-5-3-2-4-6-14/h2-10,19,22,33H,11-13H2,1H3,(H,26,28)/b20-17+/t19-,22-/m1/s1. The summed E-state index contributed by atoms with van der Waals surface area (Å²) in [6.07, 6.45) is 0.111. The molecule has 2 aromatic carbocycles. The van der Waals surface area contributed by atoms with Crippen LogP contribution >= 0.6 is 35.8 Å². The number of allylic oxidation sites excluding steroid dienone is 1. The van der Waals surface area contributed by atoms with E-state index in [0.717, 1.165) is 10.5 Å². The maximum absolute atomic E-state index is 12.8. The van der Waals surface area contributed by atoms with Crippen molar-refractivity contribution in [3.63, 3.8) is 0 Å². The molecule has 0 spiro atoms. The van der Waals surface area contributed by atoms with Gasteiger partial charge in [0, 0.05) is 0 Å². The van der Waals surface area contributed by atoms with Crippen molar-refractivity contribution in [2.45, 2.75) is 24.4 Å². The van der Waals surface area contributed by atoms with Crippen LogP contribution in [0.1, 0.15) is 11.1 Å². The molecule has 2 amide bonds. The molecule has 10 heteroatoms. The zero-order valence-corrected chi connectivity index (χ0v) is 20.1. The third-order valence-electron chi connectivity index (χ3n) is 4.93. The molecule has 0 radical (unpaired) electrons. The predicted molar refractivity (Wildman–Crippen MR) is 128 cm³/mol. The van der Waals surface area contributed by atoms with Crippen molar-refractivity contribution in [1.29, 1.82) is 0 Å². The molecule has 0 saturated carbocycles. The van der Waals surface area contributed by atoms with Gasteiger partial charge in [0.1, 0.15) is 29.5 Å². The van der Waals surface area contributed by atoms with Gasteiger partial charge in [0.25, 0.3) is 5.91 Å². The molecule has 1 aliphatic rings. The number of carbonyl (C=O) groups excluding carboxylic acids is 3. The van der Waals surface area contributed by atoms with Crippen LogP contribution in [0, 0.1) is 0 Å². The second kappa shape index (κ2) is 11.4. The first-order valence-corrected chi connectivity index (χ1v) is 11.4. The fourth-order valence-electron chi connectivity index (χ4n) is 3.20. The largest absolute Gasteiger partial charge is 0.497 e. The molecule has 7 nitrogen and oxygen atoms in total. The monoisotopic (exact) mass is 508 g/mol. The van der Waals surface area contributed by atoms with Crippen LogP contribution in [-0.4, -0.2) is 47.1 Å². The number of thiol groups is 1. The van der Waals surface area contributed by atoms with E-state index in [1.165, 1.54) is 0 Å². The van der Waals surface area contributed by atoms with Crippen molar-refractivity contribution >= 4 is 53.6 Å².